The second kappa shape index (κ2) is 11.1. The van der Waals surface area contributed by atoms with Crippen LogP contribution in [0.4, 0.5) is 4.39 Å². The Morgan fingerprint density at radius 1 is 1.03 bits per heavy atom. The van der Waals surface area contributed by atoms with Gasteiger partial charge in [0.25, 0.3) is 0 Å². The van der Waals surface area contributed by atoms with E-state index in [1.54, 1.807) is 24.3 Å². The van der Waals surface area contributed by atoms with Gasteiger partial charge in [0, 0.05) is 40.9 Å². The molecule has 0 aliphatic carbocycles. The van der Waals surface area contributed by atoms with E-state index in [0.29, 0.717) is 27.5 Å². The van der Waals surface area contributed by atoms with E-state index in [2.05, 4.69) is 19.7 Å². The molecular formula is C27H27Cl2FN6O2. The molecule has 8 nitrogen and oxygen atoms in total. The average Bonchev–Trinajstić information content (AvgIpc) is 3.22. The Balaban J connectivity index is 1.09. The molecule has 2 saturated heterocycles. The molecule has 1 atom stereocenters. The number of fused-ring (bicyclic) bond motifs is 1. The summed E-state index contributed by atoms with van der Waals surface area (Å²) in [7, 11) is 0. The minimum Gasteiger partial charge on any atom is -0.473 e. The number of aromatic nitrogens is 5. The normalized spacial score (nSPS) is 18.6. The molecular weight excluding hydrogens is 530 g/mol. The Morgan fingerprint density at radius 3 is 2.63 bits per heavy atom. The molecule has 0 radical (unpaired) electrons. The molecule has 2 aliphatic rings. The van der Waals surface area contributed by atoms with Crippen molar-refractivity contribution in [1.82, 2.24) is 29.6 Å². The predicted octanol–water partition coefficient (Wildman–Crippen LogP) is 5.41. The molecule has 5 heterocycles. The zero-order valence-corrected chi connectivity index (χ0v) is 22.2. The lowest BCUT2D eigenvalue weighted by Crippen LogP contribution is -2.35. The summed E-state index contributed by atoms with van der Waals surface area (Å²) in [5.41, 5.74) is 2.94. The summed E-state index contributed by atoms with van der Waals surface area (Å²) < 4.78 is 27.7. The van der Waals surface area contributed by atoms with Crippen molar-refractivity contribution in [2.45, 2.75) is 51.0 Å². The number of rotatable bonds is 8. The second-order valence-electron chi connectivity index (χ2n) is 9.77. The molecule has 1 aromatic carbocycles. The van der Waals surface area contributed by atoms with Gasteiger partial charge in [0.05, 0.1) is 19.2 Å². The van der Waals surface area contributed by atoms with Gasteiger partial charge in [-0.25, -0.2) is 14.4 Å². The first-order chi connectivity index (χ1) is 18.5. The van der Waals surface area contributed by atoms with Crippen LogP contribution in [0.25, 0.3) is 11.2 Å². The lowest BCUT2D eigenvalue weighted by Gasteiger charge is -2.32. The van der Waals surface area contributed by atoms with Crippen LogP contribution in [-0.2, 0) is 24.4 Å². The standard InChI is InChI=1S/C27H27Cl2FN6O2/c28-19-5-4-18(21(30)12-19)16-38-26-3-1-2-22(32-26)17-6-9-35(10-7-17)15-25-31-23-13-24(29)33-34-27(23)36(25)14-20-8-11-37-20/h1-5,12-13,17,20H,6-11,14-16H2. The Labute approximate surface area is 229 Å². The molecule has 0 spiro atoms. The van der Waals surface area contributed by atoms with E-state index < -0.39 is 0 Å². The van der Waals surface area contributed by atoms with Crippen LogP contribution in [-0.4, -0.2) is 55.4 Å². The van der Waals surface area contributed by atoms with Gasteiger partial charge in [-0.15, -0.1) is 10.2 Å². The van der Waals surface area contributed by atoms with E-state index >= 15 is 0 Å². The molecule has 0 amide bonds. The first kappa shape index (κ1) is 25.4. The minimum atomic E-state index is -0.384. The van der Waals surface area contributed by atoms with Gasteiger partial charge in [0.1, 0.15) is 23.8 Å². The van der Waals surface area contributed by atoms with E-state index in [9.17, 15) is 4.39 Å². The van der Waals surface area contributed by atoms with Crippen molar-refractivity contribution in [2.75, 3.05) is 19.7 Å². The van der Waals surface area contributed by atoms with E-state index in [0.717, 1.165) is 74.7 Å². The zero-order valence-electron chi connectivity index (χ0n) is 20.7. The molecule has 198 valence electrons. The third-order valence-electron chi connectivity index (χ3n) is 7.23. The first-order valence-electron chi connectivity index (χ1n) is 12.8. The van der Waals surface area contributed by atoms with Crippen LogP contribution in [0.5, 0.6) is 5.88 Å². The number of ether oxygens (including phenoxy) is 2. The highest BCUT2D eigenvalue weighted by atomic mass is 35.5. The number of pyridine rings is 1. The predicted molar refractivity (Wildman–Crippen MR) is 142 cm³/mol. The molecule has 0 N–H and O–H groups in total. The number of hydrogen-bond donors (Lipinski definition) is 0. The van der Waals surface area contributed by atoms with Gasteiger partial charge in [-0.3, -0.25) is 4.90 Å². The van der Waals surface area contributed by atoms with Crippen molar-refractivity contribution in [3.8, 4) is 5.88 Å². The van der Waals surface area contributed by atoms with Crippen LogP contribution in [0.1, 0.15) is 42.3 Å². The fraction of sp³-hybridized carbons (Fsp3) is 0.407. The molecule has 2 aliphatic heterocycles. The smallest absolute Gasteiger partial charge is 0.213 e. The van der Waals surface area contributed by atoms with Gasteiger partial charge in [-0.2, -0.15) is 0 Å². The summed E-state index contributed by atoms with van der Waals surface area (Å²) in [5, 5.41) is 9.03. The van der Waals surface area contributed by atoms with Crippen molar-refractivity contribution in [3.63, 3.8) is 0 Å². The van der Waals surface area contributed by atoms with Crippen LogP contribution in [0.15, 0.2) is 42.5 Å². The van der Waals surface area contributed by atoms with Crippen LogP contribution >= 0.6 is 23.2 Å². The Hall–Kier alpha value is -2.85. The van der Waals surface area contributed by atoms with E-state index in [4.69, 9.17) is 42.6 Å². The summed E-state index contributed by atoms with van der Waals surface area (Å²) in [6.45, 7) is 4.17. The summed E-state index contributed by atoms with van der Waals surface area (Å²) in [4.78, 5) is 12.0. The van der Waals surface area contributed by atoms with E-state index in [1.165, 1.54) is 6.07 Å². The number of likely N-dealkylation sites (tertiary alicyclic amines) is 1. The fourth-order valence-corrected chi connectivity index (χ4v) is 5.31. The third-order valence-corrected chi connectivity index (χ3v) is 7.65. The number of piperidine rings is 1. The molecule has 6 rings (SSSR count). The SMILES string of the molecule is Fc1cc(Cl)ccc1COc1cccc(C2CCN(Cc3nc4cc(Cl)nnc4n3CC3CCO3)CC2)n1. The van der Waals surface area contributed by atoms with Crippen molar-refractivity contribution >= 4 is 34.4 Å². The number of imidazole rings is 1. The molecule has 38 heavy (non-hydrogen) atoms. The van der Waals surface area contributed by atoms with E-state index in [-0.39, 0.29) is 18.5 Å². The summed E-state index contributed by atoms with van der Waals surface area (Å²) >= 11 is 11.9. The molecule has 3 aromatic heterocycles. The van der Waals surface area contributed by atoms with Gasteiger partial charge in [0.15, 0.2) is 10.8 Å². The van der Waals surface area contributed by atoms with Gasteiger partial charge in [-0.1, -0.05) is 35.3 Å². The highest BCUT2D eigenvalue weighted by molar-refractivity contribution is 6.30. The zero-order chi connectivity index (χ0) is 26.1. The van der Waals surface area contributed by atoms with Crippen LogP contribution < -0.4 is 4.74 Å². The average molecular weight is 557 g/mol. The molecule has 0 saturated carbocycles. The monoisotopic (exact) mass is 556 g/mol. The second-order valence-corrected chi connectivity index (χ2v) is 10.6. The fourth-order valence-electron chi connectivity index (χ4n) is 5.01. The highest BCUT2D eigenvalue weighted by Crippen LogP contribution is 2.30. The summed E-state index contributed by atoms with van der Waals surface area (Å²) in [5.74, 6) is 1.39. The number of nitrogens with zero attached hydrogens (tertiary/aromatic N) is 6. The Bertz CT molecular complexity index is 1440. The summed E-state index contributed by atoms with van der Waals surface area (Å²) in [6, 6.07) is 12.1. The van der Waals surface area contributed by atoms with Gasteiger partial charge < -0.3 is 14.0 Å². The van der Waals surface area contributed by atoms with Gasteiger partial charge in [-0.05, 0) is 50.6 Å². The van der Waals surface area contributed by atoms with Gasteiger partial charge >= 0.3 is 0 Å². The van der Waals surface area contributed by atoms with E-state index in [1.807, 2.05) is 12.1 Å². The molecule has 11 heteroatoms. The maximum Gasteiger partial charge on any atom is 0.213 e. The largest absolute Gasteiger partial charge is 0.473 e. The van der Waals surface area contributed by atoms with Crippen molar-refractivity contribution in [3.05, 3.63) is 75.5 Å². The van der Waals surface area contributed by atoms with Crippen LogP contribution in [0.2, 0.25) is 10.2 Å². The molecule has 0 bridgehead atoms. The Morgan fingerprint density at radius 2 is 1.87 bits per heavy atom. The molecule has 2 fully saturated rings. The van der Waals surface area contributed by atoms with Crippen molar-refractivity contribution < 1.29 is 13.9 Å². The quantitative estimate of drug-likeness (QED) is 0.287. The summed E-state index contributed by atoms with van der Waals surface area (Å²) in [6.07, 6.45) is 3.17. The number of halogens is 3. The molecule has 4 aromatic rings. The topological polar surface area (TPSA) is 78.2 Å². The van der Waals surface area contributed by atoms with Crippen molar-refractivity contribution in [2.24, 2.45) is 0 Å². The Kier molecular flexibility index (Phi) is 7.43. The third kappa shape index (κ3) is 5.61. The number of benzene rings is 1. The molecule has 1 unspecified atom stereocenters. The number of hydrogen-bond acceptors (Lipinski definition) is 7. The van der Waals surface area contributed by atoms with Gasteiger partial charge in [0.2, 0.25) is 5.88 Å². The van der Waals surface area contributed by atoms with Crippen molar-refractivity contribution in [1.29, 1.82) is 0 Å². The lowest BCUT2D eigenvalue weighted by molar-refractivity contribution is -0.0593. The first-order valence-corrected chi connectivity index (χ1v) is 13.5. The minimum absolute atomic E-state index is 0.0976. The van der Waals surface area contributed by atoms with Crippen LogP contribution in [0.3, 0.4) is 0 Å². The maximum atomic E-state index is 14.1. The van der Waals surface area contributed by atoms with Crippen LogP contribution in [0, 0.1) is 5.82 Å². The highest BCUT2D eigenvalue weighted by Gasteiger charge is 2.26. The lowest BCUT2D eigenvalue weighted by atomic mass is 9.93. The maximum absolute atomic E-state index is 14.1.